The number of para-hydroxylation sites is 1. The van der Waals surface area contributed by atoms with Crippen molar-refractivity contribution in [1.29, 1.82) is 0 Å². The van der Waals surface area contributed by atoms with Gasteiger partial charge in [0.1, 0.15) is 24.6 Å². The lowest BCUT2D eigenvalue weighted by molar-refractivity contribution is -0.295. The van der Waals surface area contributed by atoms with Gasteiger partial charge in [0.05, 0.1) is 41.6 Å². The third kappa shape index (κ3) is 9.12. The summed E-state index contributed by atoms with van der Waals surface area (Å²) in [5.74, 6) is -6.41. The van der Waals surface area contributed by atoms with Crippen molar-refractivity contribution in [3.63, 3.8) is 0 Å². The summed E-state index contributed by atoms with van der Waals surface area (Å²) in [6.45, 7) is 11.3. The quantitative estimate of drug-likeness (QED) is 0.207. The SMILES string of the molecule is CC[C@H]1OC(=O)[C@@](C)(F)C(=O)[C@H](C)[C@@H](O[C@@H]2O[C@H](C)C[C@H](N(C)C)[C@H]2O)[C@](C)(OC)C[C@@H](C)C(=O)[C@H](C)[C@H]2N(CNC(=O)OCc3cccc4nccnc34)C(=O)O[C@]12C. The van der Waals surface area contributed by atoms with Crippen molar-refractivity contribution in [2.75, 3.05) is 27.9 Å². The minimum Gasteiger partial charge on any atom is -0.455 e. The fraction of sp³-hybridized carbons (Fsp3) is 0.690. The Morgan fingerprint density at radius 2 is 1.75 bits per heavy atom. The van der Waals surface area contributed by atoms with E-state index in [0.717, 1.165) is 11.8 Å². The van der Waals surface area contributed by atoms with Crippen LogP contribution in [0.1, 0.15) is 80.2 Å². The first-order chi connectivity index (χ1) is 28.1. The molecule has 2 N–H and O–H groups in total. The van der Waals surface area contributed by atoms with Gasteiger partial charge in [-0.1, -0.05) is 39.8 Å². The van der Waals surface area contributed by atoms with E-state index < -0.39 is 102 Å². The third-order valence-corrected chi connectivity index (χ3v) is 12.5. The van der Waals surface area contributed by atoms with Gasteiger partial charge in [-0.2, -0.15) is 0 Å². The number of aromatic nitrogens is 2. The topological polar surface area (TPSA) is 205 Å². The molecule has 60 heavy (non-hydrogen) atoms. The van der Waals surface area contributed by atoms with Crippen molar-refractivity contribution in [3.8, 4) is 0 Å². The number of ketones is 2. The lowest BCUT2D eigenvalue weighted by Gasteiger charge is -2.47. The van der Waals surface area contributed by atoms with Gasteiger partial charge in [0.25, 0.3) is 5.67 Å². The maximum absolute atomic E-state index is 16.9. The molecule has 0 aliphatic carbocycles. The van der Waals surface area contributed by atoms with Gasteiger partial charge >= 0.3 is 18.2 Å². The summed E-state index contributed by atoms with van der Waals surface area (Å²) in [6, 6.07) is 3.67. The van der Waals surface area contributed by atoms with E-state index in [2.05, 4.69) is 15.3 Å². The predicted molar refractivity (Wildman–Crippen MR) is 213 cm³/mol. The first-order valence-corrected chi connectivity index (χ1v) is 20.4. The first-order valence-electron chi connectivity index (χ1n) is 20.4. The zero-order valence-electron chi connectivity index (χ0n) is 36.3. The number of alkyl carbamates (subject to hydrolysis) is 1. The van der Waals surface area contributed by atoms with Crippen molar-refractivity contribution in [2.24, 2.45) is 17.8 Å². The molecule has 2 amide bonds. The number of cyclic esters (lactones) is 1. The van der Waals surface area contributed by atoms with E-state index in [9.17, 15) is 29.1 Å². The Bertz CT molecular complexity index is 1910. The molecule has 3 aliphatic heterocycles. The lowest BCUT2D eigenvalue weighted by atomic mass is 9.73. The average molecular weight is 846 g/mol. The molecule has 0 radical (unpaired) electrons. The van der Waals surface area contributed by atoms with Crippen LogP contribution in [0.5, 0.6) is 0 Å². The molecular weight excluding hydrogens is 785 g/mol. The molecule has 17 nitrogen and oxygen atoms in total. The highest BCUT2D eigenvalue weighted by molar-refractivity contribution is 6.08. The summed E-state index contributed by atoms with van der Waals surface area (Å²) in [4.78, 5) is 81.2. The number of ether oxygens (including phenoxy) is 6. The van der Waals surface area contributed by atoms with Crippen LogP contribution in [0.2, 0.25) is 0 Å². The van der Waals surface area contributed by atoms with Crippen LogP contribution in [0.4, 0.5) is 14.0 Å². The number of hydrogen-bond donors (Lipinski definition) is 2. The molecule has 4 heterocycles. The molecule has 0 saturated carbocycles. The largest absolute Gasteiger partial charge is 0.455 e. The number of alkyl halides is 1. The van der Waals surface area contributed by atoms with Crippen molar-refractivity contribution >= 4 is 40.8 Å². The van der Waals surface area contributed by atoms with E-state index in [0.29, 0.717) is 23.0 Å². The smallest absolute Gasteiger partial charge is 0.412 e. The van der Waals surface area contributed by atoms with Crippen LogP contribution >= 0.6 is 0 Å². The Hall–Kier alpha value is -4.36. The summed E-state index contributed by atoms with van der Waals surface area (Å²) in [7, 11) is 4.96. The Morgan fingerprint density at radius 1 is 1.07 bits per heavy atom. The van der Waals surface area contributed by atoms with E-state index >= 15 is 4.39 Å². The molecular formula is C42H60FN5O12. The second-order valence-corrected chi connectivity index (χ2v) is 17.1. The van der Waals surface area contributed by atoms with Crippen LogP contribution in [0.15, 0.2) is 30.6 Å². The number of carbonyl (C=O) groups is 5. The van der Waals surface area contributed by atoms with Crippen molar-refractivity contribution in [3.05, 3.63) is 36.2 Å². The summed E-state index contributed by atoms with van der Waals surface area (Å²) in [5, 5.41) is 14.0. The van der Waals surface area contributed by atoms with Gasteiger partial charge in [-0.05, 0) is 67.1 Å². The third-order valence-electron chi connectivity index (χ3n) is 12.5. The second-order valence-electron chi connectivity index (χ2n) is 17.1. The number of amides is 2. The molecule has 0 unspecified atom stereocenters. The van der Waals surface area contributed by atoms with Crippen molar-refractivity contribution in [2.45, 2.75) is 141 Å². The van der Waals surface area contributed by atoms with Gasteiger partial charge in [-0.15, -0.1) is 0 Å². The van der Waals surface area contributed by atoms with Crippen LogP contribution in [0, 0.1) is 17.8 Å². The number of nitrogens with zero attached hydrogens (tertiary/aromatic N) is 4. The molecule has 0 bridgehead atoms. The number of hydrogen-bond acceptors (Lipinski definition) is 15. The standard InChI is InChI=1S/C42H60FN5O12/c1-12-29-42(8)33(48(39(54)60-42)21-46-38(53)56-20-26-14-13-15-27-30(26)45-17-16-44-27)24(4)31(49)22(2)19-40(6,55-11)35(25(5)34(51)41(7,43)37(52)58-29)59-36-32(50)28(47(9)10)18-23(3)57-36/h13-17,22-25,28-29,32-33,35-36,50H,12,18-21H2,1-11H3,(H,46,53)/t22-,23-,24+,25+,28+,29-,32-,33-,35-,36+,40-,41+,42-/m1/s1. The summed E-state index contributed by atoms with van der Waals surface area (Å²) in [5.41, 5.74) is -4.80. The average Bonchev–Trinajstić information content (AvgIpc) is 3.48. The zero-order chi connectivity index (χ0) is 44.5. The van der Waals surface area contributed by atoms with Gasteiger partial charge in [-0.25, -0.2) is 18.8 Å². The van der Waals surface area contributed by atoms with Gasteiger partial charge in [0, 0.05) is 48.9 Å². The predicted octanol–water partition coefficient (Wildman–Crippen LogP) is 4.11. The number of nitrogens with one attached hydrogen (secondary N) is 1. The molecule has 5 rings (SSSR count). The van der Waals surface area contributed by atoms with Crippen LogP contribution in [-0.2, 0) is 49.4 Å². The Morgan fingerprint density at radius 3 is 2.40 bits per heavy atom. The minimum absolute atomic E-state index is 0.0187. The maximum atomic E-state index is 16.9. The fourth-order valence-electron chi connectivity index (χ4n) is 9.16. The van der Waals surface area contributed by atoms with E-state index in [1.807, 2.05) is 11.8 Å². The number of Topliss-reactive ketones (excluding diaryl/α,β-unsaturated/α-hetero) is 2. The Labute approximate surface area is 349 Å². The lowest BCUT2D eigenvalue weighted by Crippen LogP contribution is -2.62. The van der Waals surface area contributed by atoms with E-state index in [-0.39, 0.29) is 31.3 Å². The molecule has 3 fully saturated rings. The van der Waals surface area contributed by atoms with Crippen molar-refractivity contribution < 1.29 is 61.9 Å². The molecule has 3 aliphatic rings. The van der Waals surface area contributed by atoms with Gasteiger partial charge in [0.15, 0.2) is 17.7 Å². The van der Waals surface area contributed by atoms with Crippen LogP contribution in [0.25, 0.3) is 11.0 Å². The summed E-state index contributed by atoms with van der Waals surface area (Å²) in [6.07, 6.45) is -4.00. The highest BCUT2D eigenvalue weighted by Crippen LogP contribution is 2.43. The number of esters is 1. The minimum atomic E-state index is -3.25. The fourth-order valence-corrected chi connectivity index (χ4v) is 9.16. The molecule has 332 valence electrons. The Balaban J connectivity index is 1.48. The van der Waals surface area contributed by atoms with Gasteiger partial charge < -0.3 is 43.7 Å². The molecule has 2 aromatic rings. The van der Waals surface area contributed by atoms with E-state index in [1.54, 1.807) is 66.2 Å². The summed E-state index contributed by atoms with van der Waals surface area (Å²) >= 11 is 0. The van der Waals surface area contributed by atoms with Crippen LogP contribution < -0.4 is 5.32 Å². The molecule has 3 saturated heterocycles. The molecule has 18 heteroatoms. The molecule has 1 aromatic carbocycles. The molecule has 1 aromatic heterocycles. The van der Waals surface area contributed by atoms with Crippen LogP contribution in [-0.4, -0.2) is 142 Å². The number of likely N-dealkylation sites (N-methyl/N-ethyl adjacent to an activating group) is 1. The number of methoxy groups -OCH3 is 1. The second kappa shape index (κ2) is 18.3. The normalized spacial score (nSPS) is 37.0. The molecule has 0 spiro atoms. The number of fused-ring (bicyclic) bond motifs is 2. The van der Waals surface area contributed by atoms with E-state index in [1.165, 1.54) is 27.2 Å². The zero-order valence-corrected chi connectivity index (χ0v) is 36.3. The number of aliphatic hydroxyl groups is 1. The number of benzene rings is 1. The first kappa shape index (κ1) is 46.7. The number of rotatable bonds is 9. The van der Waals surface area contributed by atoms with E-state index in [4.69, 9.17) is 28.4 Å². The highest BCUT2D eigenvalue weighted by atomic mass is 19.1. The number of carbonyl (C=O) groups excluding carboxylic acids is 5. The Kier molecular flexibility index (Phi) is 14.3. The highest BCUT2D eigenvalue weighted by Gasteiger charge is 2.62. The summed E-state index contributed by atoms with van der Waals surface area (Å²) < 4.78 is 52.6. The number of aliphatic hydroxyl groups excluding tert-OH is 1. The van der Waals surface area contributed by atoms with Gasteiger partial charge in [0.2, 0.25) is 0 Å². The number of halogens is 1. The monoisotopic (exact) mass is 845 g/mol. The van der Waals surface area contributed by atoms with Crippen LogP contribution in [0.3, 0.4) is 0 Å². The maximum Gasteiger partial charge on any atom is 0.412 e. The van der Waals surface area contributed by atoms with Gasteiger partial charge in [-0.3, -0.25) is 24.5 Å². The van der Waals surface area contributed by atoms with Crippen molar-refractivity contribution in [1.82, 2.24) is 25.1 Å². The molecule has 13 atom stereocenters.